The van der Waals surface area contributed by atoms with Gasteiger partial charge in [-0.15, -0.1) is 0 Å². The highest BCUT2D eigenvalue weighted by atomic mass is 16.5. The monoisotopic (exact) mass is 360 g/mol. The van der Waals surface area contributed by atoms with Crippen LogP contribution in [0.1, 0.15) is 49.4 Å². The first-order valence-corrected chi connectivity index (χ1v) is 9.65. The highest BCUT2D eigenvalue weighted by Crippen LogP contribution is 2.29. The lowest BCUT2D eigenvalue weighted by Crippen LogP contribution is -2.38. The number of nitrogens with zero attached hydrogens (tertiary/aromatic N) is 2. The van der Waals surface area contributed by atoms with Gasteiger partial charge >= 0.3 is 0 Å². The van der Waals surface area contributed by atoms with Crippen molar-refractivity contribution in [2.45, 2.75) is 39.0 Å². The van der Waals surface area contributed by atoms with Crippen LogP contribution in [0.25, 0.3) is 0 Å². The molecule has 0 aromatic heterocycles. The van der Waals surface area contributed by atoms with Gasteiger partial charge in [0.2, 0.25) is 0 Å². The molecule has 3 rings (SSSR count). The van der Waals surface area contributed by atoms with Crippen LogP contribution in [0.3, 0.4) is 0 Å². The van der Waals surface area contributed by atoms with Crippen molar-refractivity contribution in [1.29, 1.82) is 0 Å². The predicted molar refractivity (Wildman–Crippen MR) is 98.7 cm³/mol. The number of carbonyl (C=O) groups excluding carboxylic acids is 2. The van der Waals surface area contributed by atoms with E-state index in [4.69, 9.17) is 9.47 Å². The molecule has 1 aromatic carbocycles. The molecule has 2 heterocycles. The molecular weight excluding hydrogens is 332 g/mol. The minimum Gasteiger partial charge on any atom is -0.490 e. The molecule has 2 saturated heterocycles. The van der Waals surface area contributed by atoms with Gasteiger partial charge in [-0.1, -0.05) is 0 Å². The zero-order chi connectivity index (χ0) is 18.4. The Labute approximate surface area is 155 Å². The van der Waals surface area contributed by atoms with Gasteiger partial charge in [-0.05, 0) is 57.2 Å². The van der Waals surface area contributed by atoms with Crippen LogP contribution in [0.15, 0.2) is 18.2 Å². The molecule has 0 atom stereocenters. The smallest absolute Gasteiger partial charge is 0.260 e. The van der Waals surface area contributed by atoms with E-state index in [1.54, 1.807) is 18.2 Å². The molecule has 1 aromatic rings. The van der Waals surface area contributed by atoms with E-state index >= 15 is 0 Å². The van der Waals surface area contributed by atoms with E-state index in [1.165, 1.54) is 6.42 Å². The van der Waals surface area contributed by atoms with Crippen molar-refractivity contribution in [3.8, 4) is 11.5 Å². The highest BCUT2D eigenvalue weighted by molar-refractivity contribution is 5.95. The van der Waals surface area contributed by atoms with E-state index in [2.05, 4.69) is 0 Å². The van der Waals surface area contributed by atoms with Crippen molar-refractivity contribution in [3.63, 3.8) is 0 Å². The molecule has 6 heteroatoms. The number of likely N-dealkylation sites (tertiary alicyclic amines) is 2. The van der Waals surface area contributed by atoms with Gasteiger partial charge in [-0.2, -0.15) is 0 Å². The van der Waals surface area contributed by atoms with E-state index in [1.807, 2.05) is 16.7 Å². The van der Waals surface area contributed by atoms with Crippen LogP contribution < -0.4 is 9.47 Å². The molecule has 2 fully saturated rings. The Kier molecular flexibility index (Phi) is 6.36. The fraction of sp³-hybridized carbons (Fsp3) is 0.600. The standard InChI is InChI=1S/C20H28N2O4/c1-2-25-18-14-16(20(24)22-12-6-7-13-22)8-9-17(18)26-15-19(23)21-10-4-3-5-11-21/h8-9,14H,2-7,10-13,15H2,1H3. The summed E-state index contributed by atoms with van der Waals surface area (Å²) >= 11 is 0. The van der Waals surface area contributed by atoms with Crippen LogP contribution in [0.4, 0.5) is 0 Å². The normalized spacial score (nSPS) is 17.3. The van der Waals surface area contributed by atoms with E-state index in [0.29, 0.717) is 23.7 Å². The first-order valence-electron chi connectivity index (χ1n) is 9.65. The maximum absolute atomic E-state index is 12.6. The number of amides is 2. The topological polar surface area (TPSA) is 59.1 Å². The fourth-order valence-corrected chi connectivity index (χ4v) is 3.51. The van der Waals surface area contributed by atoms with E-state index < -0.39 is 0 Å². The van der Waals surface area contributed by atoms with Gasteiger partial charge in [0, 0.05) is 31.7 Å². The van der Waals surface area contributed by atoms with E-state index in [0.717, 1.165) is 51.9 Å². The molecule has 0 N–H and O–H groups in total. The molecule has 2 aliphatic heterocycles. The Morgan fingerprint density at radius 2 is 1.54 bits per heavy atom. The summed E-state index contributed by atoms with van der Waals surface area (Å²) < 4.78 is 11.4. The second-order valence-electron chi connectivity index (χ2n) is 6.82. The molecule has 0 aliphatic carbocycles. The van der Waals surface area contributed by atoms with Gasteiger partial charge in [-0.3, -0.25) is 9.59 Å². The Bertz CT molecular complexity index is 635. The zero-order valence-electron chi connectivity index (χ0n) is 15.5. The minimum absolute atomic E-state index is 0.000504. The number of rotatable bonds is 6. The molecule has 2 amide bonds. The van der Waals surface area contributed by atoms with Crippen LogP contribution in [0, 0.1) is 0 Å². The summed E-state index contributed by atoms with van der Waals surface area (Å²) in [5.74, 6) is 1.06. The number of carbonyl (C=O) groups is 2. The van der Waals surface area contributed by atoms with Gasteiger partial charge < -0.3 is 19.3 Å². The van der Waals surface area contributed by atoms with Crippen LogP contribution in [-0.2, 0) is 4.79 Å². The summed E-state index contributed by atoms with van der Waals surface area (Å²) in [7, 11) is 0. The molecule has 6 nitrogen and oxygen atoms in total. The van der Waals surface area contributed by atoms with Crippen LogP contribution in [0.5, 0.6) is 11.5 Å². The Balaban J connectivity index is 1.66. The average Bonchev–Trinajstić information content (AvgIpc) is 3.22. The number of piperidine rings is 1. The summed E-state index contributed by atoms with van der Waals surface area (Å²) in [5, 5.41) is 0. The lowest BCUT2D eigenvalue weighted by atomic mass is 10.1. The average molecular weight is 360 g/mol. The predicted octanol–water partition coefficient (Wildman–Crippen LogP) is 2.71. The van der Waals surface area contributed by atoms with Crippen LogP contribution in [-0.4, -0.2) is 61.0 Å². The third-order valence-corrected chi connectivity index (χ3v) is 4.94. The number of hydrogen-bond acceptors (Lipinski definition) is 4. The first-order chi connectivity index (χ1) is 12.7. The molecule has 0 unspecified atom stereocenters. The van der Waals surface area contributed by atoms with E-state index in [9.17, 15) is 9.59 Å². The quantitative estimate of drug-likeness (QED) is 0.783. The van der Waals surface area contributed by atoms with Crippen molar-refractivity contribution in [2.75, 3.05) is 39.4 Å². The lowest BCUT2D eigenvalue weighted by Gasteiger charge is -2.26. The maximum Gasteiger partial charge on any atom is 0.260 e. The maximum atomic E-state index is 12.6. The molecule has 0 bridgehead atoms. The van der Waals surface area contributed by atoms with Crippen molar-refractivity contribution in [3.05, 3.63) is 23.8 Å². The van der Waals surface area contributed by atoms with E-state index in [-0.39, 0.29) is 18.4 Å². The second kappa shape index (κ2) is 8.92. The second-order valence-corrected chi connectivity index (χ2v) is 6.82. The van der Waals surface area contributed by atoms with Gasteiger partial charge in [0.15, 0.2) is 18.1 Å². The summed E-state index contributed by atoms with van der Waals surface area (Å²) in [6.07, 6.45) is 5.42. The molecule has 142 valence electrons. The molecular formula is C20H28N2O4. The van der Waals surface area contributed by atoms with Crippen molar-refractivity contribution >= 4 is 11.8 Å². The van der Waals surface area contributed by atoms with Gasteiger partial charge in [0.05, 0.1) is 6.61 Å². The van der Waals surface area contributed by atoms with Crippen molar-refractivity contribution in [2.24, 2.45) is 0 Å². The van der Waals surface area contributed by atoms with Crippen LogP contribution in [0.2, 0.25) is 0 Å². The molecule has 26 heavy (non-hydrogen) atoms. The zero-order valence-corrected chi connectivity index (χ0v) is 15.5. The number of ether oxygens (including phenoxy) is 2. The Morgan fingerprint density at radius 3 is 2.23 bits per heavy atom. The Morgan fingerprint density at radius 1 is 0.885 bits per heavy atom. The van der Waals surface area contributed by atoms with Crippen molar-refractivity contribution < 1.29 is 19.1 Å². The molecule has 0 radical (unpaired) electrons. The minimum atomic E-state index is -0.000504. The fourth-order valence-electron chi connectivity index (χ4n) is 3.51. The largest absolute Gasteiger partial charge is 0.490 e. The lowest BCUT2D eigenvalue weighted by molar-refractivity contribution is -0.134. The van der Waals surface area contributed by atoms with Crippen molar-refractivity contribution in [1.82, 2.24) is 9.80 Å². The summed E-state index contributed by atoms with van der Waals surface area (Å²) in [6, 6.07) is 5.21. The number of benzene rings is 1. The molecule has 2 aliphatic rings. The first kappa shape index (κ1) is 18.5. The van der Waals surface area contributed by atoms with Gasteiger partial charge in [0.25, 0.3) is 11.8 Å². The number of hydrogen-bond donors (Lipinski definition) is 0. The third kappa shape index (κ3) is 4.48. The Hall–Kier alpha value is -2.24. The summed E-state index contributed by atoms with van der Waals surface area (Å²) in [5.41, 5.74) is 0.602. The SMILES string of the molecule is CCOc1cc(C(=O)N2CCCC2)ccc1OCC(=O)N1CCCCC1. The molecule has 0 spiro atoms. The third-order valence-electron chi connectivity index (χ3n) is 4.94. The van der Waals surface area contributed by atoms with Gasteiger partial charge in [0.1, 0.15) is 0 Å². The van der Waals surface area contributed by atoms with Crippen LogP contribution >= 0.6 is 0 Å². The highest BCUT2D eigenvalue weighted by Gasteiger charge is 2.22. The summed E-state index contributed by atoms with van der Waals surface area (Å²) in [4.78, 5) is 28.6. The van der Waals surface area contributed by atoms with Gasteiger partial charge in [-0.25, -0.2) is 0 Å². The summed E-state index contributed by atoms with van der Waals surface area (Å²) in [6.45, 7) is 5.60. The molecule has 0 saturated carbocycles.